The molecule has 24 heavy (non-hydrogen) atoms. The van der Waals surface area contributed by atoms with Crippen molar-refractivity contribution in [2.24, 2.45) is 0 Å². The quantitative estimate of drug-likeness (QED) is 0.860. The highest BCUT2D eigenvalue weighted by Crippen LogP contribution is 2.37. The van der Waals surface area contributed by atoms with E-state index in [4.69, 9.17) is 0 Å². The van der Waals surface area contributed by atoms with Crippen LogP contribution in [-0.4, -0.2) is 24.5 Å². The van der Waals surface area contributed by atoms with Crippen molar-refractivity contribution in [2.45, 2.75) is 31.3 Å². The third-order valence-corrected chi connectivity index (χ3v) is 5.35. The van der Waals surface area contributed by atoms with Crippen LogP contribution in [0.15, 0.2) is 54.6 Å². The summed E-state index contributed by atoms with van der Waals surface area (Å²) in [7, 11) is 0. The van der Waals surface area contributed by atoms with Crippen molar-refractivity contribution in [2.75, 3.05) is 19.6 Å². The van der Waals surface area contributed by atoms with Gasteiger partial charge in [-0.25, -0.2) is 0 Å². The summed E-state index contributed by atoms with van der Waals surface area (Å²) in [5.74, 6) is 0. The zero-order valence-electron chi connectivity index (χ0n) is 13.9. The molecule has 0 amide bonds. The maximum atomic E-state index is 3.85. The Kier molecular flexibility index (Phi) is 6.70. The molecule has 130 valence electrons. The van der Waals surface area contributed by atoms with E-state index in [1.54, 1.807) is 11.1 Å². The van der Waals surface area contributed by atoms with Gasteiger partial charge in [0.05, 0.1) is 0 Å². The van der Waals surface area contributed by atoms with Crippen LogP contribution in [0.25, 0.3) is 0 Å². The van der Waals surface area contributed by atoms with Crippen LogP contribution in [-0.2, 0) is 18.5 Å². The van der Waals surface area contributed by atoms with Gasteiger partial charge in [0.25, 0.3) is 0 Å². The summed E-state index contributed by atoms with van der Waals surface area (Å²) in [5.41, 5.74) is 4.76. The minimum Gasteiger partial charge on any atom is -0.307 e. The molecule has 2 aliphatic heterocycles. The molecule has 0 saturated carbocycles. The van der Waals surface area contributed by atoms with Gasteiger partial charge in [-0.2, -0.15) is 0 Å². The van der Waals surface area contributed by atoms with Crippen molar-refractivity contribution in [3.63, 3.8) is 0 Å². The van der Waals surface area contributed by atoms with Gasteiger partial charge in [-0.3, -0.25) is 4.90 Å². The molecular weight excluding hydrogens is 339 g/mol. The molecule has 2 aliphatic rings. The molecule has 2 heterocycles. The number of piperidine rings is 1. The van der Waals surface area contributed by atoms with Gasteiger partial charge >= 0.3 is 0 Å². The van der Waals surface area contributed by atoms with Crippen molar-refractivity contribution in [1.29, 1.82) is 0 Å². The highest BCUT2D eigenvalue weighted by molar-refractivity contribution is 5.85. The molecule has 1 N–H and O–H groups in total. The molecule has 0 bridgehead atoms. The van der Waals surface area contributed by atoms with Crippen molar-refractivity contribution >= 4 is 24.8 Å². The van der Waals surface area contributed by atoms with Crippen LogP contribution in [0.3, 0.4) is 0 Å². The van der Waals surface area contributed by atoms with Crippen molar-refractivity contribution < 1.29 is 0 Å². The highest BCUT2D eigenvalue weighted by Gasteiger charge is 2.38. The van der Waals surface area contributed by atoms with E-state index < -0.39 is 0 Å². The van der Waals surface area contributed by atoms with Crippen LogP contribution in [0.4, 0.5) is 0 Å². The molecule has 2 aromatic rings. The first-order chi connectivity index (χ1) is 10.9. The van der Waals surface area contributed by atoms with Crippen molar-refractivity contribution in [3.05, 3.63) is 71.3 Å². The number of rotatable bonds is 2. The van der Waals surface area contributed by atoms with E-state index in [2.05, 4.69) is 64.8 Å². The lowest BCUT2D eigenvalue weighted by atomic mass is 9.76. The number of nitrogens with one attached hydrogen (secondary N) is 1. The van der Waals surface area contributed by atoms with Crippen LogP contribution >= 0.6 is 24.8 Å². The van der Waals surface area contributed by atoms with Crippen molar-refractivity contribution in [1.82, 2.24) is 10.2 Å². The molecule has 0 unspecified atom stereocenters. The number of fused-ring (bicyclic) bond motifs is 2. The molecule has 0 aromatic heterocycles. The Morgan fingerprint density at radius 1 is 0.875 bits per heavy atom. The second-order valence-corrected chi connectivity index (χ2v) is 6.68. The van der Waals surface area contributed by atoms with Gasteiger partial charge in [0.2, 0.25) is 0 Å². The summed E-state index contributed by atoms with van der Waals surface area (Å²) >= 11 is 0. The molecule has 4 rings (SSSR count). The summed E-state index contributed by atoms with van der Waals surface area (Å²) < 4.78 is 0. The molecule has 0 aliphatic carbocycles. The number of hydrogen-bond donors (Lipinski definition) is 1. The molecule has 0 radical (unpaired) electrons. The lowest BCUT2D eigenvalue weighted by Gasteiger charge is -2.46. The van der Waals surface area contributed by atoms with E-state index in [0.717, 1.165) is 13.1 Å². The molecule has 1 spiro atoms. The third kappa shape index (κ3) is 3.78. The van der Waals surface area contributed by atoms with Crippen LogP contribution in [0, 0.1) is 0 Å². The fourth-order valence-electron chi connectivity index (χ4n) is 4.12. The second kappa shape index (κ2) is 8.35. The van der Waals surface area contributed by atoms with Gasteiger partial charge in [-0.15, -0.1) is 24.8 Å². The number of nitrogens with zero attached hydrogens (tertiary/aromatic N) is 1. The Morgan fingerprint density at radius 2 is 1.54 bits per heavy atom. The van der Waals surface area contributed by atoms with Gasteiger partial charge in [-0.05, 0) is 36.0 Å². The minimum atomic E-state index is 0. The SMILES string of the molecule is Cl.Cl.c1ccc(CN2CCC3(CC2)NCCc2ccccc23)cc1. The molecule has 1 saturated heterocycles. The minimum absolute atomic E-state index is 0. The molecule has 4 heteroatoms. The smallest absolute Gasteiger partial charge is 0.0461 e. The van der Waals surface area contributed by atoms with Crippen molar-refractivity contribution in [3.8, 4) is 0 Å². The van der Waals surface area contributed by atoms with Gasteiger partial charge in [-0.1, -0.05) is 54.6 Å². The lowest BCUT2D eigenvalue weighted by Crippen LogP contribution is -2.53. The van der Waals surface area contributed by atoms with Crippen LogP contribution in [0.2, 0.25) is 0 Å². The Hall–Kier alpha value is -1.06. The first-order valence-electron chi connectivity index (χ1n) is 8.45. The topological polar surface area (TPSA) is 15.3 Å². The van der Waals surface area contributed by atoms with Crippen LogP contribution < -0.4 is 5.32 Å². The number of likely N-dealkylation sites (tertiary alicyclic amines) is 1. The van der Waals surface area contributed by atoms with Gasteiger partial charge in [0.15, 0.2) is 0 Å². The number of hydrogen-bond acceptors (Lipinski definition) is 2. The van der Waals surface area contributed by atoms with E-state index in [-0.39, 0.29) is 30.4 Å². The summed E-state index contributed by atoms with van der Waals surface area (Å²) in [4.78, 5) is 2.60. The first-order valence-corrected chi connectivity index (χ1v) is 8.45. The van der Waals surface area contributed by atoms with E-state index in [9.17, 15) is 0 Å². The molecule has 2 nitrogen and oxygen atoms in total. The maximum absolute atomic E-state index is 3.85. The number of benzene rings is 2. The second-order valence-electron chi connectivity index (χ2n) is 6.68. The predicted molar refractivity (Wildman–Crippen MR) is 105 cm³/mol. The zero-order valence-corrected chi connectivity index (χ0v) is 15.5. The summed E-state index contributed by atoms with van der Waals surface area (Å²) in [6.45, 7) is 4.56. The van der Waals surface area contributed by atoms with Crippen LogP contribution in [0.5, 0.6) is 0 Å². The van der Waals surface area contributed by atoms with Gasteiger partial charge in [0.1, 0.15) is 0 Å². The van der Waals surface area contributed by atoms with E-state index in [1.807, 2.05) is 0 Å². The largest absolute Gasteiger partial charge is 0.307 e. The Morgan fingerprint density at radius 3 is 2.29 bits per heavy atom. The predicted octanol–water partition coefficient (Wildman–Crippen LogP) is 4.17. The fourth-order valence-corrected chi connectivity index (χ4v) is 4.12. The van der Waals surface area contributed by atoms with E-state index in [0.29, 0.717) is 0 Å². The lowest BCUT2D eigenvalue weighted by molar-refractivity contribution is 0.123. The monoisotopic (exact) mass is 364 g/mol. The highest BCUT2D eigenvalue weighted by atomic mass is 35.5. The molecular formula is C20H26Cl2N2. The van der Waals surface area contributed by atoms with E-state index in [1.165, 1.54) is 37.9 Å². The average Bonchev–Trinajstić information content (AvgIpc) is 2.59. The molecule has 2 aromatic carbocycles. The first kappa shape index (κ1) is 19.3. The Labute approximate surface area is 157 Å². The molecule has 1 fully saturated rings. The summed E-state index contributed by atoms with van der Waals surface area (Å²) in [6, 6.07) is 19.9. The Bertz CT molecular complexity index is 637. The fraction of sp³-hybridized carbons (Fsp3) is 0.400. The maximum Gasteiger partial charge on any atom is 0.0461 e. The zero-order chi connectivity index (χ0) is 14.8. The molecule has 0 atom stereocenters. The third-order valence-electron chi connectivity index (χ3n) is 5.35. The van der Waals surface area contributed by atoms with Crippen LogP contribution in [0.1, 0.15) is 29.5 Å². The Balaban J connectivity index is 0.00000104. The van der Waals surface area contributed by atoms with Gasteiger partial charge in [0, 0.05) is 31.7 Å². The standard InChI is InChI=1S/C20H24N2.2ClH/c1-2-6-17(7-3-1)16-22-14-11-20(12-15-22)19-9-5-4-8-18(19)10-13-21-20;;/h1-9,21H,10-16H2;2*1H. The number of halogens is 2. The summed E-state index contributed by atoms with van der Waals surface area (Å²) in [6.07, 6.45) is 3.61. The average molecular weight is 365 g/mol. The van der Waals surface area contributed by atoms with E-state index >= 15 is 0 Å². The summed E-state index contributed by atoms with van der Waals surface area (Å²) in [5, 5.41) is 3.85. The van der Waals surface area contributed by atoms with Gasteiger partial charge < -0.3 is 5.32 Å². The normalized spacial score (nSPS) is 19.0.